The highest BCUT2D eigenvalue weighted by atomic mass is 15.1. The van der Waals surface area contributed by atoms with E-state index in [9.17, 15) is 0 Å². The Hall–Kier alpha value is -1.09. The van der Waals surface area contributed by atoms with E-state index in [1.807, 2.05) is 18.5 Å². The number of imidazole rings is 1. The van der Waals surface area contributed by atoms with Gasteiger partial charge in [-0.05, 0) is 25.8 Å². The largest absolute Gasteiger partial charge is 0.337 e. The van der Waals surface area contributed by atoms with Crippen molar-refractivity contribution in [2.24, 2.45) is 7.05 Å². The second-order valence-corrected chi connectivity index (χ2v) is 4.43. The average molecular weight is 235 g/mol. The lowest BCUT2D eigenvalue weighted by Crippen LogP contribution is -2.23. The molecule has 0 amide bonds. The molecule has 1 unspecified atom stereocenters. The number of nitrogens with one attached hydrogen (secondary N) is 1. The van der Waals surface area contributed by atoms with Gasteiger partial charge in [0, 0.05) is 19.4 Å². The van der Waals surface area contributed by atoms with Crippen LogP contribution in [-0.4, -0.2) is 16.1 Å². The van der Waals surface area contributed by atoms with Gasteiger partial charge in [0.2, 0.25) is 0 Å². The smallest absolute Gasteiger partial charge is 0.125 e. The normalized spacial score (nSPS) is 12.6. The highest BCUT2D eigenvalue weighted by molar-refractivity contribution is 4.98. The first-order chi connectivity index (χ1) is 8.29. The Kier molecular flexibility index (Phi) is 6.63. The van der Waals surface area contributed by atoms with Gasteiger partial charge in [0.15, 0.2) is 0 Å². The van der Waals surface area contributed by atoms with Crippen molar-refractivity contribution in [3.8, 4) is 0 Å². The van der Waals surface area contributed by atoms with Crippen molar-refractivity contribution in [1.82, 2.24) is 14.9 Å². The van der Waals surface area contributed by atoms with Crippen LogP contribution in [0.25, 0.3) is 0 Å². The summed E-state index contributed by atoms with van der Waals surface area (Å²) in [5.74, 6) is 1.15. The monoisotopic (exact) mass is 235 g/mol. The van der Waals surface area contributed by atoms with Gasteiger partial charge in [-0.15, -0.1) is 6.58 Å². The van der Waals surface area contributed by atoms with Gasteiger partial charge in [0.25, 0.3) is 0 Å². The molecule has 0 saturated heterocycles. The van der Waals surface area contributed by atoms with E-state index in [1.54, 1.807) is 0 Å². The van der Waals surface area contributed by atoms with Gasteiger partial charge in [-0.2, -0.15) is 0 Å². The second kappa shape index (κ2) is 8.07. The number of rotatable bonds is 9. The quantitative estimate of drug-likeness (QED) is 0.526. The molecule has 1 rings (SSSR count). The molecule has 1 aromatic rings. The highest BCUT2D eigenvalue weighted by Gasteiger charge is 2.13. The number of aromatic nitrogens is 2. The molecule has 0 aromatic carbocycles. The lowest BCUT2D eigenvalue weighted by Gasteiger charge is -2.17. The first-order valence-electron chi connectivity index (χ1n) is 6.61. The van der Waals surface area contributed by atoms with Crippen molar-refractivity contribution < 1.29 is 0 Å². The number of allylic oxidation sites excluding steroid dienone is 1. The molecule has 3 nitrogen and oxygen atoms in total. The molecule has 96 valence electrons. The average Bonchev–Trinajstić information content (AvgIpc) is 2.74. The molecular formula is C14H25N3. The van der Waals surface area contributed by atoms with Crippen LogP contribution in [0.3, 0.4) is 0 Å². The number of unbranched alkanes of at least 4 members (excludes halogenated alkanes) is 3. The topological polar surface area (TPSA) is 29.9 Å². The van der Waals surface area contributed by atoms with E-state index in [0.717, 1.165) is 25.2 Å². The Bertz CT molecular complexity index is 317. The summed E-state index contributed by atoms with van der Waals surface area (Å²) in [7, 11) is 2.06. The standard InChI is InChI=1S/C14H25N3/c1-4-6-7-8-9-10-13(15-5-2)14-16-11-12-17(14)3/h4,11-13,15H,1,5-10H2,2-3H3. The second-order valence-electron chi connectivity index (χ2n) is 4.43. The molecule has 0 aliphatic rings. The van der Waals surface area contributed by atoms with Crippen LogP contribution in [0.15, 0.2) is 25.0 Å². The molecule has 3 heteroatoms. The third-order valence-corrected chi connectivity index (χ3v) is 3.02. The zero-order valence-corrected chi connectivity index (χ0v) is 11.2. The van der Waals surface area contributed by atoms with Crippen LogP contribution in [0.2, 0.25) is 0 Å². The summed E-state index contributed by atoms with van der Waals surface area (Å²) in [6, 6.07) is 0.392. The SMILES string of the molecule is C=CCCCCCC(NCC)c1nccn1C. The fourth-order valence-electron chi connectivity index (χ4n) is 2.10. The summed E-state index contributed by atoms with van der Waals surface area (Å²) in [4.78, 5) is 4.43. The van der Waals surface area contributed by atoms with Crippen molar-refractivity contribution >= 4 is 0 Å². The van der Waals surface area contributed by atoms with Gasteiger partial charge in [0.1, 0.15) is 5.82 Å². The fourth-order valence-corrected chi connectivity index (χ4v) is 2.10. The molecule has 0 aliphatic carbocycles. The predicted octanol–water partition coefficient (Wildman–Crippen LogP) is 3.21. The van der Waals surface area contributed by atoms with E-state index in [1.165, 1.54) is 19.3 Å². The summed E-state index contributed by atoms with van der Waals surface area (Å²) in [5.41, 5.74) is 0. The van der Waals surface area contributed by atoms with Crippen LogP contribution in [0.4, 0.5) is 0 Å². The third-order valence-electron chi connectivity index (χ3n) is 3.02. The van der Waals surface area contributed by atoms with Crippen LogP contribution >= 0.6 is 0 Å². The third kappa shape index (κ3) is 4.73. The fraction of sp³-hybridized carbons (Fsp3) is 0.643. The minimum atomic E-state index is 0.392. The van der Waals surface area contributed by atoms with Crippen molar-refractivity contribution in [3.05, 3.63) is 30.9 Å². The van der Waals surface area contributed by atoms with E-state index in [-0.39, 0.29) is 0 Å². The molecule has 0 spiro atoms. The minimum absolute atomic E-state index is 0.392. The molecule has 0 saturated carbocycles. The van der Waals surface area contributed by atoms with Gasteiger partial charge in [-0.25, -0.2) is 4.98 Å². The van der Waals surface area contributed by atoms with Gasteiger partial charge in [-0.3, -0.25) is 0 Å². The summed E-state index contributed by atoms with van der Waals surface area (Å²) in [6.45, 7) is 6.89. The van der Waals surface area contributed by atoms with Crippen LogP contribution in [0.1, 0.15) is 50.9 Å². The van der Waals surface area contributed by atoms with Gasteiger partial charge < -0.3 is 9.88 Å². The van der Waals surface area contributed by atoms with Crippen molar-refractivity contribution in [1.29, 1.82) is 0 Å². The van der Waals surface area contributed by atoms with Gasteiger partial charge >= 0.3 is 0 Å². The highest BCUT2D eigenvalue weighted by Crippen LogP contribution is 2.18. The summed E-state index contributed by atoms with van der Waals surface area (Å²) >= 11 is 0. The molecule has 17 heavy (non-hydrogen) atoms. The molecule has 1 aromatic heterocycles. The molecular weight excluding hydrogens is 210 g/mol. The molecule has 0 radical (unpaired) electrons. The van der Waals surface area contributed by atoms with Crippen LogP contribution in [-0.2, 0) is 7.05 Å². The van der Waals surface area contributed by atoms with Crippen LogP contribution in [0.5, 0.6) is 0 Å². The first-order valence-corrected chi connectivity index (χ1v) is 6.61. The Labute approximate surface area is 105 Å². The van der Waals surface area contributed by atoms with E-state index >= 15 is 0 Å². The summed E-state index contributed by atoms with van der Waals surface area (Å²) in [5, 5.41) is 3.51. The van der Waals surface area contributed by atoms with Crippen LogP contribution < -0.4 is 5.32 Å². The van der Waals surface area contributed by atoms with E-state index < -0.39 is 0 Å². The summed E-state index contributed by atoms with van der Waals surface area (Å²) in [6.07, 6.45) is 12.0. The van der Waals surface area contributed by atoms with E-state index in [4.69, 9.17) is 0 Å². The lowest BCUT2D eigenvalue weighted by atomic mass is 10.1. The molecule has 1 atom stereocenters. The first kappa shape index (κ1) is 14.0. The van der Waals surface area contributed by atoms with Crippen molar-refractivity contribution in [2.45, 2.75) is 45.1 Å². The number of nitrogens with zero attached hydrogens (tertiary/aromatic N) is 2. The Balaban J connectivity index is 2.39. The molecule has 0 bridgehead atoms. The lowest BCUT2D eigenvalue weighted by molar-refractivity contribution is 0.454. The number of aryl methyl sites for hydroxylation is 1. The Morgan fingerprint density at radius 1 is 1.47 bits per heavy atom. The maximum Gasteiger partial charge on any atom is 0.125 e. The van der Waals surface area contributed by atoms with Gasteiger partial charge in [0.05, 0.1) is 6.04 Å². The maximum atomic E-state index is 4.43. The number of hydrogen-bond acceptors (Lipinski definition) is 2. The molecule has 1 heterocycles. The zero-order chi connectivity index (χ0) is 12.5. The van der Waals surface area contributed by atoms with Gasteiger partial charge in [-0.1, -0.05) is 25.8 Å². The molecule has 0 fully saturated rings. The number of hydrogen-bond donors (Lipinski definition) is 1. The Morgan fingerprint density at radius 2 is 2.29 bits per heavy atom. The Morgan fingerprint density at radius 3 is 2.88 bits per heavy atom. The van der Waals surface area contributed by atoms with E-state index in [0.29, 0.717) is 6.04 Å². The van der Waals surface area contributed by atoms with E-state index in [2.05, 4.69) is 35.4 Å². The zero-order valence-electron chi connectivity index (χ0n) is 11.2. The molecule has 0 aliphatic heterocycles. The summed E-state index contributed by atoms with van der Waals surface area (Å²) < 4.78 is 2.11. The van der Waals surface area contributed by atoms with Crippen LogP contribution in [0, 0.1) is 0 Å². The minimum Gasteiger partial charge on any atom is -0.337 e. The maximum absolute atomic E-state index is 4.43. The molecule has 1 N–H and O–H groups in total. The van der Waals surface area contributed by atoms with Crippen molar-refractivity contribution in [3.63, 3.8) is 0 Å². The predicted molar refractivity (Wildman–Crippen MR) is 72.9 cm³/mol. The van der Waals surface area contributed by atoms with Crippen molar-refractivity contribution in [2.75, 3.05) is 6.54 Å².